The van der Waals surface area contributed by atoms with Gasteiger partial charge in [0.1, 0.15) is 0 Å². The van der Waals surface area contributed by atoms with Gasteiger partial charge in [0.05, 0.1) is 16.9 Å². The number of carbonyl (C=O) groups excluding carboxylic acids is 2. The molecule has 1 heterocycles. The number of hydroxylamine groups is 2. The summed E-state index contributed by atoms with van der Waals surface area (Å²) in [5, 5.41) is 1.62. The highest BCUT2D eigenvalue weighted by molar-refractivity contribution is 7.86. The van der Waals surface area contributed by atoms with Crippen molar-refractivity contribution in [1.29, 1.82) is 0 Å². The number of hydrogen-bond donors (Lipinski definition) is 0. The first kappa shape index (κ1) is 15.6. The lowest BCUT2D eigenvalue weighted by Gasteiger charge is -2.25. The summed E-state index contributed by atoms with van der Waals surface area (Å²) in [6, 6.07) is 10.0. The Kier molecular flexibility index (Phi) is 3.91. The van der Waals surface area contributed by atoms with Gasteiger partial charge in [0.15, 0.2) is 0 Å². The molecule has 0 aliphatic carbocycles. The van der Waals surface area contributed by atoms with E-state index in [0.29, 0.717) is 23.3 Å². The van der Waals surface area contributed by atoms with Gasteiger partial charge >= 0.3 is 0 Å². The fourth-order valence-corrected chi connectivity index (χ4v) is 3.63. The highest BCUT2D eigenvalue weighted by atomic mass is 32.2. The van der Waals surface area contributed by atoms with Crippen molar-refractivity contribution in [2.75, 3.05) is 5.75 Å². The highest BCUT2D eigenvalue weighted by Crippen LogP contribution is 2.30. The smallest absolute Gasteiger partial charge is 0.266 e. The first-order chi connectivity index (χ1) is 10.9. The van der Waals surface area contributed by atoms with E-state index in [1.54, 1.807) is 36.4 Å². The van der Waals surface area contributed by atoms with E-state index in [9.17, 15) is 18.0 Å². The van der Waals surface area contributed by atoms with Crippen LogP contribution in [0.1, 0.15) is 40.5 Å². The van der Waals surface area contributed by atoms with Crippen LogP contribution in [-0.4, -0.2) is 31.0 Å². The van der Waals surface area contributed by atoms with E-state index in [1.807, 2.05) is 6.92 Å². The molecule has 0 unspecified atom stereocenters. The Balaban J connectivity index is 2.04. The molecular formula is C16H15NO5S. The van der Waals surface area contributed by atoms with Crippen molar-refractivity contribution in [2.24, 2.45) is 0 Å². The molecule has 3 rings (SSSR count). The van der Waals surface area contributed by atoms with Crippen LogP contribution in [0, 0.1) is 0 Å². The zero-order valence-electron chi connectivity index (χ0n) is 12.5. The van der Waals surface area contributed by atoms with Gasteiger partial charge in [-0.3, -0.25) is 9.59 Å². The van der Waals surface area contributed by atoms with Gasteiger partial charge in [0, 0.05) is 5.39 Å². The minimum Gasteiger partial charge on any atom is -0.266 e. The lowest BCUT2D eigenvalue weighted by Crippen LogP contribution is -2.42. The Bertz CT molecular complexity index is 853. The molecule has 0 radical (unpaired) electrons. The van der Waals surface area contributed by atoms with E-state index in [2.05, 4.69) is 0 Å². The summed E-state index contributed by atoms with van der Waals surface area (Å²) < 4.78 is 28.7. The molecule has 0 spiro atoms. The second-order valence-corrected chi connectivity index (χ2v) is 6.98. The van der Waals surface area contributed by atoms with E-state index in [-0.39, 0.29) is 16.9 Å². The van der Waals surface area contributed by atoms with Crippen LogP contribution in [0.4, 0.5) is 0 Å². The third-order valence-electron chi connectivity index (χ3n) is 3.67. The predicted molar refractivity (Wildman–Crippen MR) is 84.2 cm³/mol. The number of imide groups is 1. The van der Waals surface area contributed by atoms with Crippen LogP contribution in [0.5, 0.6) is 0 Å². The fourth-order valence-electron chi connectivity index (χ4n) is 2.55. The number of nitrogens with zero attached hydrogens (tertiary/aromatic N) is 1. The first-order valence-electron chi connectivity index (χ1n) is 7.27. The second-order valence-electron chi connectivity index (χ2n) is 5.30. The lowest BCUT2D eigenvalue weighted by molar-refractivity contribution is -0.0155. The first-order valence-corrected chi connectivity index (χ1v) is 8.85. The normalized spacial score (nSPS) is 14.6. The molecule has 0 saturated heterocycles. The molecule has 120 valence electrons. The van der Waals surface area contributed by atoms with Crippen molar-refractivity contribution in [3.8, 4) is 0 Å². The minimum atomic E-state index is -4.00. The quantitative estimate of drug-likeness (QED) is 0.785. The van der Waals surface area contributed by atoms with Crippen LogP contribution in [0.2, 0.25) is 0 Å². The van der Waals surface area contributed by atoms with Gasteiger partial charge in [0.2, 0.25) is 0 Å². The Morgan fingerprint density at radius 1 is 1.00 bits per heavy atom. The van der Waals surface area contributed by atoms with Crippen molar-refractivity contribution >= 4 is 32.7 Å². The van der Waals surface area contributed by atoms with Crippen LogP contribution < -0.4 is 0 Å². The summed E-state index contributed by atoms with van der Waals surface area (Å²) in [6.07, 6.45) is 1.05. The highest BCUT2D eigenvalue weighted by Gasteiger charge is 2.36. The van der Waals surface area contributed by atoms with Crippen LogP contribution in [-0.2, 0) is 14.4 Å². The summed E-state index contributed by atoms with van der Waals surface area (Å²) in [6.45, 7) is 1.84. The molecule has 1 aliphatic heterocycles. The minimum absolute atomic E-state index is 0.244. The molecule has 1 aliphatic rings. The Hall–Kier alpha value is -2.25. The molecular weight excluding hydrogens is 318 g/mol. The molecule has 7 heteroatoms. The van der Waals surface area contributed by atoms with Gasteiger partial charge in [-0.1, -0.05) is 37.6 Å². The summed E-state index contributed by atoms with van der Waals surface area (Å²) >= 11 is 0. The van der Waals surface area contributed by atoms with Gasteiger partial charge in [-0.2, -0.15) is 8.42 Å². The molecule has 0 bridgehead atoms. The van der Waals surface area contributed by atoms with Gasteiger partial charge in [0.25, 0.3) is 21.9 Å². The molecule has 2 aromatic rings. The average Bonchev–Trinajstić information content (AvgIpc) is 2.54. The van der Waals surface area contributed by atoms with Crippen molar-refractivity contribution < 1.29 is 22.3 Å². The van der Waals surface area contributed by atoms with Crippen molar-refractivity contribution in [3.63, 3.8) is 0 Å². The number of hydrogen-bond acceptors (Lipinski definition) is 5. The lowest BCUT2D eigenvalue weighted by atomic mass is 9.95. The van der Waals surface area contributed by atoms with Crippen LogP contribution in [0.15, 0.2) is 36.4 Å². The average molecular weight is 333 g/mol. The fraction of sp³-hybridized carbons (Fsp3) is 0.250. The summed E-state index contributed by atoms with van der Waals surface area (Å²) in [4.78, 5) is 25.0. The van der Waals surface area contributed by atoms with E-state index < -0.39 is 21.9 Å². The van der Waals surface area contributed by atoms with Crippen molar-refractivity contribution in [1.82, 2.24) is 5.06 Å². The predicted octanol–water partition coefficient (Wildman–Crippen LogP) is 2.50. The van der Waals surface area contributed by atoms with Crippen molar-refractivity contribution in [3.05, 3.63) is 47.5 Å². The number of carbonyl (C=O) groups is 2. The Morgan fingerprint density at radius 2 is 1.57 bits per heavy atom. The third-order valence-corrected chi connectivity index (χ3v) is 4.84. The van der Waals surface area contributed by atoms with E-state index in [4.69, 9.17) is 4.28 Å². The molecule has 0 atom stereocenters. The van der Waals surface area contributed by atoms with E-state index in [1.165, 1.54) is 0 Å². The molecule has 2 aromatic carbocycles. The summed E-state index contributed by atoms with van der Waals surface area (Å²) in [5.74, 6) is -1.77. The standard InChI is InChI=1S/C16H15NO5S/c1-2-3-10-23(20,21)22-17-15(18)12-8-4-6-11-7-5-9-13(14(11)12)16(17)19/h4-9H,2-3,10H2,1H3. The molecule has 6 nitrogen and oxygen atoms in total. The summed E-state index contributed by atoms with van der Waals surface area (Å²) in [7, 11) is -4.00. The molecule has 0 aromatic heterocycles. The van der Waals surface area contributed by atoms with Gasteiger partial charge < -0.3 is 0 Å². The summed E-state index contributed by atoms with van der Waals surface area (Å²) in [5.41, 5.74) is 0.506. The maximum atomic E-state index is 12.5. The third kappa shape index (κ3) is 2.73. The van der Waals surface area contributed by atoms with Crippen LogP contribution in [0.25, 0.3) is 10.8 Å². The van der Waals surface area contributed by atoms with Crippen LogP contribution in [0.3, 0.4) is 0 Å². The zero-order chi connectivity index (χ0) is 16.6. The SMILES string of the molecule is CCCCS(=O)(=O)ON1C(=O)c2cccc3cccc(c23)C1=O. The Morgan fingerprint density at radius 3 is 2.09 bits per heavy atom. The molecule has 2 amide bonds. The maximum absolute atomic E-state index is 12.5. The number of rotatable bonds is 5. The molecule has 0 saturated carbocycles. The van der Waals surface area contributed by atoms with Crippen molar-refractivity contribution in [2.45, 2.75) is 19.8 Å². The van der Waals surface area contributed by atoms with Crippen LogP contribution >= 0.6 is 0 Å². The maximum Gasteiger partial charge on any atom is 0.288 e. The zero-order valence-corrected chi connectivity index (χ0v) is 13.3. The molecule has 0 fully saturated rings. The topological polar surface area (TPSA) is 80.8 Å². The second kappa shape index (κ2) is 5.75. The largest absolute Gasteiger partial charge is 0.288 e. The van der Waals surface area contributed by atoms with Gasteiger partial charge in [-0.25, -0.2) is 0 Å². The van der Waals surface area contributed by atoms with E-state index in [0.717, 1.165) is 5.39 Å². The van der Waals surface area contributed by atoms with Gasteiger partial charge in [-0.05, 0) is 23.9 Å². The monoisotopic (exact) mass is 333 g/mol. The van der Waals surface area contributed by atoms with E-state index >= 15 is 0 Å². The number of amides is 2. The molecule has 0 N–H and O–H groups in total. The molecule has 23 heavy (non-hydrogen) atoms. The number of unbranched alkanes of at least 4 members (excludes halogenated alkanes) is 1. The van der Waals surface area contributed by atoms with Gasteiger partial charge in [-0.15, -0.1) is 9.35 Å². The Labute approximate surface area is 133 Å². The number of benzene rings is 2.